The van der Waals surface area contributed by atoms with Gasteiger partial charge >= 0.3 is 0 Å². The maximum absolute atomic E-state index is 14.0. The van der Waals surface area contributed by atoms with Crippen molar-refractivity contribution >= 4 is 11.6 Å². The molecule has 0 saturated carbocycles. The van der Waals surface area contributed by atoms with E-state index in [1.807, 2.05) is 20.2 Å². The van der Waals surface area contributed by atoms with Crippen molar-refractivity contribution in [3.8, 4) is 0 Å². The zero-order valence-corrected chi connectivity index (χ0v) is 12.1. The fraction of sp³-hybridized carbons (Fsp3) is 0.357. The molecule has 0 spiro atoms. The second kappa shape index (κ2) is 6.33. The quantitative estimate of drug-likeness (QED) is 0.859. The molecule has 0 amide bonds. The van der Waals surface area contributed by atoms with E-state index in [0.717, 1.165) is 17.7 Å². The molecule has 0 fully saturated rings. The van der Waals surface area contributed by atoms with E-state index < -0.39 is 11.6 Å². The van der Waals surface area contributed by atoms with Gasteiger partial charge in [-0.2, -0.15) is 5.10 Å². The molecule has 0 aliphatic rings. The molecule has 3 nitrogen and oxygen atoms in total. The number of rotatable bonds is 5. The predicted molar refractivity (Wildman–Crippen MR) is 74.7 cm³/mol. The highest BCUT2D eigenvalue weighted by Gasteiger charge is 2.18. The highest BCUT2D eigenvalue weighted by molar-refractivity contribution is 6.30. The number of hydrogen-bond acceptors (Lipinski definition) is 2. The van der Waals surface area contributed by atoms with Crippen LogP contribution in [-0.2, 0) is 13.5 Å². The van der Waals surface area contributed by atoms with E-state index in [4.69, 9.17) is 11.6 Å². The summed E-state index contributed by atoms with van der Waals surface area (Å²) in [6.07, 6.45) is 4.10. The van der Waals surface area contributed by atoms with Crippen molar-refractivity contribution < 1.29 is 8.78 Å². The van der Waals surface area contributed by atoms with Gasteiger partial charge in [-0.3, -0.25) is 4.68 Å². The number of aryl methyl sites for hydroxylation is 1. The number of nitrogens with one attached hydrogen (secondary N) is 1. The molecule has 1 unspecified atom stereocenters. The number of aromatic nitrogens is 2. The van der Waals surface area contributed by atoms with Crippen molar-refractivity contribution in [2.24, 2.45) is 7.05 Å². The van der Waals surface area contributed by atoms with Gasteiger partial charge < -0.3 is 5.32 Å². The normalized spacial score (nSPS) is 12.7. The minimum atomic E-state index is -0.614. The Morgan fingerprint density at radius 1 is 1.35 bits per heavy atom. The van der Waals surface area contributed by atoms with E-state index in [2.05, 4.69) is 10.4 Å². The summed E-state index contributed by atoms with van der Waals surface area (Å²) in [5, 5.41) is 7.03. The van der Waals surface area contributed by atoms with Crippen LogP contribution in [-0.4, -0.2) is 16.3 Å². The van der Waals surface area contributed by atoms with Gasteiger partial charge in [0, 0.05) is 24.8 Å². The van der Waals surface area contributed by atoms with E-state index in [9.17, 15) is 8.78 Å². The fourth-order valence-electron chi connectivity index (χ4n) is 2.16. The molecule has 1 aromatic heterocycles. The van der Waals surface area contributed by atoms with Crippen LogP contribution in [0.1, 0.15) is 24.1 Å². The van der Waals surface area contributed by atoms with Gasteiger partial charge in [0.25, 0.3) is 0 Å². The first-order valence-corrected chi connectivity index (χ1v) is 6.74. The number of hydrogen-bond donors (Lipinski definition) is 1. The van der Waals surface area contributed by atoms with Crippen molar-refractivity contribution in [2.45, 2.75) is 19.4 Å². The molecule has 20 heavy (non-hydrogen) atoms. The Morgan fingerprint density at radius 3 is 2.70 bits per heavy atom. The zero-order valence-electron chi connectivity index (χ0n) is 11.3. The van der Waals surface area contributed by atoms with E-state index in [1.165, 1.54) is 0 Å². The summed E-state index contributed by atoms with van der Waals surface area (Å²) in [6, 6.07) is 1.84. The van der Waals surface area contributed by atoms with Gasteiger partial charge in [-0.1, -0.05) is 18.5 Å². The number of likely N-dealkylation sites (N-methyl/N-ethyl adjacent to an activating group) is 1. The molecule has 2 rings (SSSR count). The lowest BCUT2D eigenvalue weighted by atomic mass is 10.00. The monoisotopic (exact) mass is 299 g/mol. The largest absolute Gasteiger partial charge is 0.310 e. The summed E-state index contributed by atoms with van der Waals surface area (Å²) in [5.74, 6) is -1.12. The molecule has 0 saturated heterocycles. The van der Waals surface area contributed by atoms with E-state index in [-0.39, 0.29) is 16.6 Å². The topological polar surface area (TPSA) is 29.9 Å². The molecule has 1 N–H and O–H groups in total. The van der Waals surface area contributed by atoms with Gasteiger partial charge in [0.15, 0.2) is 0 Å². The Bertz CT molecular complexity index is 598. The van der Waals surface area contributed by atoms with Gasteiger partial charge in [0.05, 0.1) is 11.2 Å². The third kappa shape index (κ3) is 3.35. The van der Waals surface area contributed by atoms with Crippen molar-refractivity contribution in [3.63, 3.8) is 0 Å². The number of halogens is 3. The predicted octanol–water partition coefficient (Wildman–Crippen LogP) is 3.25. The van der Waals surface area contributed by atoms with Crippen molar-refractivity contribution in [1.82, 2.24) is 15.1 Å². The molecule has 0 aliphatic heterocycles. The zero-order chi connectivity index (χ0) is 14.7. The summed E-state index contributed by atoms with van der Waals surface area (Å²) in [7, 11) is 1.81. The van der Waals surface area contributed by atoms with Crippen LogP contribution in [0, 0.1) is 11.6 Å². The summed E-state index contributed by atoms with van der Waals surface area (Å²) in [4.78, 5) is 0. The Labute approximate surface area is 121 Å². The number of benzene rings is 1. The SMILES string of the molecule is CCNC(Cc1cnn(C)c1)c1cc(F)c(Cl)cc1F. The van der Waals surface area contributed by atoms with Gasteiger partial charge in [-0.15, -0.1) is 0 Å². The van der Waals surface area contributed by atoms with Crippen LogP contribution in [0.5, 0.6) is 0 Å². The van der Waals surface area contributed by atoms with Crippen LogP contribution in [0.3, 0.4) is 0 Å². The Morgan fingerprint density at radius 2 is 2.10 bits per heavy atom. The highest BCUT2D eigenvalue weighted by atomic mass is 35.5. The molecule has 0 bridgehead atoms. The molecular weight excluding hydrogens is 284 g/mol. The lowest BCUT2D eigenvalue weighted by Crippen LogP contribution is -2.24. The summed E-state index contributed by atoms with van der Waals surface area (Å²) >= 11 is 5.58. The molecule has 1 heterocycles. The molecule has 0 radical (unpaired) electrons. The summed E-state index contributed by atoms with van der Waals surface area (Å²) in [5.41, 5.74) is 1.23. The van der Waals surface area contributed by atoms with E-state index >= 15 is 0 Å². The van der Waals surface area contributed by atoms with Crippen LogP contribution in [0.4, 0.5) is 8.78 Å². The second-order valence-electron chi connectivity index (χ2n) is 4.62. The molecule has 1 atom stereocenters. The minimum absolute atomic E-state index is 0.206. The Balaban J connectivity index is 2.30. The fourth-order valence-corrected chi connectivity index (χ4v) is 2.31. The maximum atomic E-state index is 14.0. The summed E-state index contributed by atoms with van der Waals surface area (Å²) in [6.45, 7) is 2.56. The highest BCUT2D eigenvalue weighted by Crippen LogP contribution is 2.26. The van der Waals surface area contributed by atoms with Gasteiger partial charge in [-0.25, -0.2) is 8.78 Å². The van der Waals surface area contributed by atoms with Crippen molar-refractivity contribution in [1.29, 1.82) is 0 Å². The lowest BCUT2D eigenvalue weighted by Gasteiger charge is -2.18. The van der Waals surface area contributed by atoms with Crippen molar-refractivity contribution in [3.05, 3.63) is 52.3 Å². The lowest BCUT2D eigenvalue weighted by molar-refractivity contribution is 0.502. The van der Waals surface area contributed by atoms with Crippen LogP contribution >= 0.6 is 11.6 Å². The molecular formula is C14H16ClF2N3. The Hall–Kier alpha value is -1.46. The third-order valence-electron chi connectivity index (χ3n) is 3.06. The van der Waals surface area contributed by atoms with E-state index in [0.29, 0.717) is 13.0 Å². The Kier molecular flexibility index (Phi) is 4.73. The smallest absolute Gasteiger partial charge is 0.142 e. The number of nitrogens with zero attached hydrogens (tertiary/aromatic N) is 2. The van der Waals surface area contributed by atoms with Crippen LogP contribution in [0.2, 0.25) is 5.02 Å². The van der Waals surface area contributed by atoms with Crippen LogP contribution < -0.4 is 5.32 Å². The van der Waals surface area contributed by atoms with Gasteiger partial charge in [0.1, 0.15) is 11.6 Å². The van der Waals surface area contributed by atoms with Crippen molar-refractivity contribution in [2.75, 3.05) is 6.54 Å². The first kappa shape index (κ1) is 14.9. The van der Waals surface area contributed by atoms with Crippen LogP contribution in [0.15, 0.2) is 24.5 Å². The first-order chi connectivity index (χ1) is 9.51. The van der Waals surface area contributed by atoms with Gasteiger partial charge in [0.2, 0.25) is 0 Å². The third-order valence-corrected chi connectivity index (χ3v) is 3.35. The molecule has 2 aromatic rings. The molecule has 6 heteroatoms. The molecule has 108 valence electrons. The molecule has 1 aromatic carbocycles. The minimum Gasteiger partial charge on any atom is -0.310 e. The summed E-state index contributed by atoms with van der Waals surface area (Å²) < 4.78 is 29.2. The van der Waals surface area contributed by atoms with Crippen LogP contribution in [0.25, 0.3) is 0 Å². The first-order valence-electron chi connectivity index (χ1n) is 6.36. The maximum Gasteiger partial charge on any atom is 0.142 e. The van der Waals surface area contributed by atoms with Gasteiger partial charge in [-0.05, 0) is 30.7 Å². The average Bonchev–Trinajstić information content (AvgIpc) is 2.79. The average molecular weight is 300 g/mol. The molecule has 0 aliphatic carbocycles. The standard InChI is InChI=1S/C14H16ClF2N3/c1-3-18-14(4-9-7-19-20(2)8-9)10-5-13(17)11(15)6-12(10)16/h5-8,14,18H,3-4H2,1-2H3. The second-order valence-corrected chi connectivity index (χ2v) is 5.03. The van der Waals surface area contributed by atoms with E-state index in [1.54, 1.807) is 10.9 Å².